The van der Waals surface area contributed by atoms with Gasteiger partial charge in [0, 0.05) is 19.0 Å². The number of piperidine rings is 1. The normalized spacial score (nSPS) is 35.8. The molecule has 0 aromatic carbocycles. The van der Waals surface area contributed by atoms with Gasteiger partial charge in [0.05, 0.1) is 7.11 Å². The summed E-state index contributed by atoms with van der Waals surface area (Å²) >= 11 is 0. The highest BCUT2D eigenvalue weighted by Gasteiger charge is 2.45. The Morgan fingerprint density at radius 3 is 2.77 bits per heavy atom. The summed E-state index contributed by atoms with van der Waals surface area (Å²) in [6.07, 6.45) is 0.456. The summed E-state index contributed by atoms with van der Waals surface area (Å²) in [6, 6.07) is 0. The third-order valence-corrected chi connectivity index (χ3v) is 2.81. The molecule has 0 amide bonds. The average Bonchev–Trinajstić information content (AvgIpc) is 2.11. The lowest BCUT2D eigenvalue weighted by atomic mass is 9.82. The van der Waals surface area contributed by atoms with Crippen LogP contribution in [-0.2, 0) is 9.53 Å². The van der Waals surface area contributed by atoms with Crippen molar-refractivity contribution < 1.29 is 14.6 Å². The van der Waals surface area contributed by atoms with Crippen LogP contribution in [0.1, 0.15) is 13.3 Å². The highest BCUT2D eigenvalue weighted by atomic mass is 16.5. The van der Waals surface area contributed by atoms with Gasteiger partial charge in [-0.15, -0.1) is 0 Å². The van der Waals surface area contributed by atoms with Crippen LogP contribution < -0.4 is 0 Å². The maximum Gasteiger partial charge on any atom is 0.338 e. The molecule has 0 aromatic rings. The standard InChI is InChI=1S/C9H17NO3/c1-7-6-10(2)5-4-9(7,12)8(11)13-3/h7,12H,4-6H2,1-3H3/t7-,9?/m0/s1. The highest BCUT2D eigenvalue weighted by molar-refractivity contribution is 5.79. The number of hydrogen-bond donors (Lipinski definition) is 1. The summed E-state index contributed by atoms with van der Waals surface area (Å²) in [5.41, 5.74) is -1.28. The lowest BCUT2D eigenvalue weighted by Gasteiger charge is -2.39. The number of carbonyl (C=O) groups is 1. The molecular weight excluding hydrogens is 170 g/mol. The van der Waals surface area contributed by atoms with Crippen LogP contribution in [0.2, 0.25) is 0 Å². The topological polar surface area (TPSA) is 49.8 Å². The second-order valence-electron chi connectivity index (χ2n) is 3.83. The second kappa shape index (κ2) is 3.64. The van der Waals surface area contributed by atoms with E-state index in [2.05, 4.69) is 9.64 Å². The maximum absolute atomic E-state index is 11.3. The van der Waals surface area contributed by atoms with E-state index in [-0.39, 0.29) is 5.92 Å². The molecule has 0 spiro atoms. The van der Waals surface area contributed by atoms with E-state index in [1.807, 2.05) is 14.0 Å². The molecule has 1 unspecified atom stereocenters. The SMILES string of the molecule is COC(=O)C1(O)CCN(C)C[C@@H]1C. The molecule has 1 aliphatic rings. The third kappa shape index (κ3) is 1.84. The van der Waals surface area contributed by atoms with Gasteiger partial charge in [-0.3, -0.25) is 0 Å². The van der Waals surface area contributed by atoms with Gasteiger partial charge in [0.2, 0.25) is 0 Å². The van der Waals surface area contributed by atoms with E-state index in [1.165, 1.54) is 7.11 Å². The van der Waals surface area contributed by atoms with E-state index >= 15 is 0 Å². The zero-order valence-corrected chi connectivity index (χ0v) is 8.41. The number of likely N-dealkylation sites (tertiary alicyclic amines) is 1. The molecule has 0 aromatic heterocycles. The first-order valence-electron chi connectivity index (χ1n) is 4.50. The molecule has 1 saturated heterocycles. The minimum absolute atomic E-state index is 0.0706. The number of ether oxygens (including phenoxy) is 1. The van der Waals surface area contributed by atoms with Crippen LogP contribution in [0.15, 0.2) is 0 Å². The molecule has 1 N–H and O–H groups in total. The van der Waals surface area contributed by atoms with E-state index in [1.54, 1.807) is 0 Å². The fourth-order valence-electron chi connectivity index (χ4n) is 1.80. The van der Waals surface area contributed by atoms with Crippen LogP contribution in [0.25, 0.3) is 0 Å². The summed E-state index contributed by atoms with van der Waals surface area (Å²) in [4.78, 5) is 13.4. The molecular formula is C9H17NO3. The fraction of sp³-hybridized carbons (Fsp3) is 0.889. The Morgan fingerprint density at radius 2 is 2.31 bits per heavy atom. The number of aliphatic hydroxyl groups is 1. The van der Waals surface area contributed by atoms with Crippen molar-refractivity contribution in [1.29, 1.82) is 0 Å². The van der Waals surface area contributed by atoms with Gasteiger partial charge < -0.3 is 14.7 Å². The third-order valence-electron chi connectivity index (χ3n) is 2.81. The predicted octanol–water partition coefficient (Wildman–Crippen LogP) is -0.138. The Bertz CT molecular complexity index is 207. The van der Waals surface area contributed by atoms with Crippen LogP contribution in [-0.4, -0.2) is 48.8 Å². The summed E-state index contributed by atoms with van der Waals surface area (Å²) in [6.45, 7) is 3.33. The Balaban J connectivity index is 2.73. The minimum atomic E-state index is -1.28. The van der Waals surface area contributed by atoms with Crippen LogP contribution in [0.3, 0.4) is 0 Å². The zero-order chi connectivity index (χ0) is 10.1. The number of nitrogens with zero attached hydrogens (tertiary/aromatic N) is 1. The molecule has 0 aliphatic carbocycles. The molecule has 0 radical (unpaired) electrons. The first-order chi connectivity index (χ1) is 6.00. The first-order valence-corrected chi connectivity index (χ1v) is 4.50. The van der Waals surface area contributed by atoms with Crippen molar-refractivity contribution >= 4 is 5.97 Å². The smallest absolute Gasteiger partial charge is 0.338 e. The van der Waals surface area contributed by atoms with Crippen molar-refractivity contribution in [3.05, 3.63) is 0 Å². The van der Waals surface area contributed by atoms with Gasteiger partial charge in [0.15, 0.2) is 5.60 Å². The Labute approximate surface area is 78.5 Å². The quantitative estimate of drug-likeness (QED) is 0.581. The van der Waals surface area contributed by atoms with Gasteiger partial charge >= 0.3 is 5.97 Å². The Kier molecular flexibility index (Phi) is 2.93. The highest BCUT2D eigenvalue weighted by Crippen LogP contribution is 2.28. The van der Waals surface area contributed by atoms with Crippen LogP contribution >= 0.6 is 0 Å². The van der Waals surface area contributed by atoms with Crippen molar-refractivity contribution in [2.45, 2.75) is 18.9 Å². The molecule has 4 heteroatoms. The van der Waals surface area contributed by atoms with Gasteiger partial charge in [-0.2, -0.15) is 0 Å². The first kappa shape index (κ1) is 10.5. The van der Waals surface area contributed by atoms with E-state index < -0.39 is 11.6 Å². The van der Waals surface area contributed by atoms with Crippen LogP contribution in [0.4, 0.5) is 0 Å². The largest absolute Gasteiger partial charge is 0.467 e. The van der Waals surface area contributed by atoms with E-state index in [4.69, 9.17) is 0 Å². The van der Waals surface area contributed by atoms with Gasteiger partial charge in [0.25, 0.3) is 0 Å². The molecule has 1 heterocycles. The molecule has 1 rings (SSSR count). The van der Waals surface area contributed by atoms with Gasteiger partial charge in [-0.1, -0.05) is 6.92 Å². The molecule has 2 atom stereocenters. The Hall–Kier alpha value is -0.610. The molecule has 0 bridgehead atoms. The number of esters is 1. The number of hydrogen-bond acceptors (Lipinski definition) is 4. The average molecular weight is 187 g/mol. The van der Waals surface area contributed by atoms with Gasteiger partial charge in [-0.05, 0) is 13.5 Å². The molecule has 1 aliphatic heterocycles. The summed E-state index contributed by atoms with van der Waals surface area (Å²) < 4.78 is 4.59. The number of rotatable bonds is 1. The lowest BCUT2D eigenvalue weighted by Crippen LogP contribution is -2.54. The van der Waals surface area contributed by atoms with E-state index in [9.17, 15) is 9.90 Å². The molecule has 0 saturated carbocycles. The Morgan fingerprint density at radius 1 is 1.69 bits per heavy atom. The molecule has 4 nitrogen and oxygen atoms in total. The number of carbonyl (C=O) groups excluding carboxylic acids is 1. The van der Waals surface area contributed by atoms with Gasteiger partial charge in [0.1, 0.15) is 0 Å². The van der Waals surface area contributed by atoms with Crippen LogP contribution in [0.5, 0.6) is 0 Å². The summed E-state index contributed by atoms with van der Waals surface area (Å²) in [5, 5.41) is 10.0. The summed E-state index contributed by atoms with van der Waals surface area (Å²) in [7, 11) is 3.29. The fourth-order valence-corrected chi connectivity index (χ4v) is 1.80. The lowest BCUT2D eigenvalue weighted by molar-refractivity contribution is -0.173. The number of methoxy groups -OCH3 is 1. The second-order valence-corrected chi connectivity index (χ2v) is 3.83. The monoisotopic (exact) mass is 187 g/mol. The van der Waals surface area contributed by atoms with E-state index in [0.29, 0.717) is 6.42 Å². The minimum Gasteiger partial charge on any atom is -0.467 e. The van der Waals surface area contributed by atoms with Crippen molar-refractivity contribution in [3.8, 4) is 0 Å². The van der Waals surface area contributed by atoms with Crippen LogP contribution in [0, 0.1) is 5.92 Å². The molecule has 13 heavy (non-hydrogen) atoms. The molecule has 76 valence electrons. The zero-order valence-electron chi connectivity index (χ0n) is 8.41. The van der Waals surface area contributed by atoms with E-state index in [0.717, 1.165) is 13.1 Å². The predicted molar refractivity (Wildman–Crippen MR) is 48.2 cm³/mol. The van der Waals surface area contributed by atoms with Crippen molar-refractivity contribution in [1.82, 2.24) is 4.90 Å². The molecule has 1 fully saturated rings. The van der Waals surface area contributed by atoms with Crippen molar-refractivity contribution in [3.63, 3.8) is 0 Å². The summed E-state index contributed by atoms with van der Waals surface area (Å²) in [5.74, 6) is -0.577. The van der Waals surface area contributed by atoms with Crippen molar-refractivity contribution in [2.75, 3.05) is 27.2 Å². The van der Waals surface area contributed by atoms with Gasteiger partial charge in [-0.25, -0.2) is 4.79 Å². The maximum atomic E-state index is 11.3. The van der Waals surface area contributed by atoms with Crippen molar-refractivity contribution in [2.24, 2.45) is 5.92 Å².